The van der Waals surface area contributed by atoms with Gasteiger partial charge in [0.2, 0.25) is 0 Å². The van der Waals surface area contributed by atoms with Gasteiger partial charge in [0.05, 0.1) is 5.69 Å². The number of para-hydroxylation sites is 1. The quantitative estimate of drug-likeness (QED) is 0.838. The maximum absolute atomic E-state index is 4.44. The normalized spacial score (nSPS) is 14.1. The van der Waals surface area contributed by atoms with E-state index < -0.39 is 0 Å². The lowest BCUT2D eigenvalue weighted by Crippen LogP contribution is -2.26. The summed E-state index contributed by atoms with van der Waals surface area (Å²) in [5, 5.41) is 6.70. The molecule has 1 aromatic carbocycles. The maximum atomic E-state index is 4.44. The third-order valence-electron chi connectivity index (χ3n) is 2.94. The fourth-order valence-electron chi connectivity index (χ4n) is 2.07. The van der Waals surface area contributed by atoms with Crippen LogP contribution in [0.4, 0.5) is 11.5 Å². The number of benzene rings is 1. The number of aromatic nitrogens is 2. The third-order valence-corrected chi connectivity index (χ3v) is 3.30. The standard InChI is InChI=1S/C13H13BrN4/c14-13-17-11-6-7-15-8-10(11)12(18-13)16-9-4-2-1-3-5-9/h1-5,15H,6-8H2,(H,16,17,18). The molecule has 0 radical (unpaired) electrons. The summed E-state index contributed by atoms with van der Waals surface area (Å²) in [5.41, 5.74) is 3.32. The van der Waals surface area contributed by atoms with E-state index in [1.54, 1.807) is 0 Å². The Morgan fingerprint density at radius 1 is 1.17 bits per heavy atom. The van der Waals surface area contributed by atoms with Gasteiger partial charge >= 0.3 is 0 Å². The number of anilines is 2. The van der Waals surface area contributed by atoms with Gasteiger partial charge in [-0.05, 0) is 28.1 Å². The zero-order chi connectivity index (χ0) is 12.4. The highest BCUT2D eigenvalue weighted by Crippen LogP contribution is 2.24. The number of rotatable bonds is 2. The average Bonchev–Trinajstić information content (AvgIpc) is 2.40. The second-order valence-corrected chi connectivity index (χ2v) is 4.89. The number of nitrogens with one attached hydrogen (secondary N) is 2. The van der Waals surface area contributed by atoms with E-state index in [0.717, 1.165) is 42.3 Å². The van der Waals surface area contributed by atoms with Crippen molar-refractivity contribution in [2.75, 3.05) is 11.9 Å². The van der Waals surface area contributed by atoms with Crippen LogP contribution >= 0.6 is 15.9 Å². The summed E-state index contributed by atoms with van der Waals surface area (Å²) in [6.45, 7) is 1.79. The van der Waals surface area contributed by atoms with E-state index in [4.69, 9.17) is 0 Å². The van der Waals surface area contributed by atoms with Crippen LogP contribution in [0, 0.1) is 0 Å². The molecule has 1 aliphatic rings. The van der Waals surface area contributed by atoms with Gasteiger partial charge in [-0.25, -0.2) is 9.97 Å². The number of hydrogen-bond donors (Lipinski definition) is 2. The largest absolute Gasteiger partial charge is 0.340 e. The Hall–Kier alpha value is -1.46. The van der Waals surface area contributed by atoms with Crippen LogP contribution in [-0.4, -0.2) is 16.5 Å². The molecule has 0 amide bonds. The Bertz CT molecular complexity index is 556. The fourth-order valence-corrected chi connectivity index (χ4v) is 2.47. The van der Waals surface area contributed by atoms with Gasteiger partial charge in [0.1, 0.15) is 5.82 Å². The third kappa shape index (κ3) is 2.37. The molecule has 0 bridgehead atoms. The molecule has 1 aliphatic heterocycles. The molecule has 0 fully saturated rings. The molecule has 3 rings (SSSR count). The number of fused-ring (bicyclic) bond motifs is 1. The van der Waals surface area contributed by atoms with Gasteiger partial charge in [-0.3, -0.25) is 0 Å². The first kappa shape index (κ1) is 11.6. The molecule has 92 valence electrons. The molecule has 2 aromatic rings. The van der Waals surface area contributed by atoms with Crippen molar-refractivity contribution in [3.8, 4) is 0 Å². The highest BCUT2D eigenvalue weighted by Gasteiger charge is 2.16. The first-order valence-electron chi connectivity index (χ1n) is 5.91. The molecule has 0 spiro atoms. The molecule has 0 saturated heterocycles. The Morgan fingerprint density at radius 3 is 2.83 bits per heavy atom. The Balaban J connectivity index is 1.98. The van der Waals surface area contributed by atoms with E-state index in [0.29, 0.717) is 4.73 Å². The van der Waals surface area contributed by atoms with Crippen LogP contribution in [0.1, 0.15) is 11.3 Å². The van der Waals surface area contributed by atoms with Gasteiger partial charge in [0.25, 0.3) is 0 Å². The van der Waals surface area contributed by atoms with Gasteiger partial charge in [-0.15, -0.1) is 0 Å². The van der Waals surface area contributed by atoms with Crippen LogP contribution in [0.3, 0.4) is 0 Å². The topological polar surface area (TPSA) is 49.8 Å². The van der Waals surface area contributed by atoms with Crippen LogP contribution < -0.4 is 10.6 Å². The van der Waals surface area contributed by atoms with Gasteiger partial charge in [-0.2, -0.15) is 0 Å². The van der Waals surface area contributed by atoms with Crippen LogP contribution in [0.25, 0.3) is 0 Å². The number of halogens is 1. The summed E-state index contributed by atoms with van der Waals surface area (Å²) in [5.74, 6) is 0.880. The zero-order valence-electron chi connectivity index (χ0n) is 9.78. The van der Waals surface area contributed by atoms with E-state index in [-0.39, 0.29) is 0 Å². The summed E-state index contributed by atoms with van der Waals surface area (Å²) in [4.78, 5) is 8.88. The smallest absolute Gasteiger partial charge is 0.198 e. The Morgan fingerprint density at radius 2 is 2.00 bits per heavy atom. The van der Waals surface area contributed by atoms with E-state index in [9.17, 15) is 0 Å². The van der Waals surface area contributed by atoms with Crippen molar-refractivity contribution in [3.63, 3.8) is 0 Å². The molecule has 2 N–H and O–H groups in total. The second kappa shape index (κ2) is 5.04. The second-order valence-electron chi connectivity index (χ2n) is 4.18. The summed E-state index contributed by atoms with van der Waals surface area (Å²) in [6, 6.07) is 10.1. The molecule has 1 aromatic heterocycles. The summed E-state index contributed by atoms with van der Waals surface area (Å²) in [6.07, 6.45) is 0.944. The highest BCUT2D eigenvalue weighted by molar-refractivity contribution is 9.10. The van der Waals surface area contributed by atoms with Crippen molar-refractivity contribution < 1.29 is 0 Å². The van der Waals surface area contributed by atoms with Gasteiger partial charge in [-0.1, -0.05) is 18.2 Å². The van der Waals surface area contributed by atoms with Crippen LogP contribution in [0.2, 0.25) is 0 Å². The monoisotopic (exact) mass is 304 g/mol. The minimum absolute atomic E-state index is 0.640. The van der Waals surface area contributed by atoms with E-state index in [1.165, 1.54) is 0 Å². The number of hydrogen-bond acceptors (Lipinski definition) is 4. The van der Waals surface area contributed by atoms with Crippen LogP contribution in [-0.2, 0) is 13.0 Å². The molecule has 0 saturated carbocycles. The minimum Gasteiger partial charge on any atom is -0.340 e. The lowest BCUT2D eigenvalue weighted by Gasteiger charge is -2.19. The van der Waals surface area contributed by atoms with E-state index in [1.807, 2.05) is 30.3 Å². The first-order chi connectivity index (χ1) is 8.83. The molecule has 4 nitrogen and oxygen atoms in total. The molecular formula is C13H13BrN4. The summed E-state index contributed by atoms with van der Waals surface area (Å²) >= 11 is 3.37. The molecule has 2 heterocycles. The van der Waals surface area contributed by atoms with E-state index in [2.05, 4.69) is 36.5 Å². The lowest BCUT2D eigenvalue weighted by atomic mass is 10.1. The van der Waals surface area contributed by atoms with Crippen molar-refractivity contribution >= 4 is 27.4 Å². The van der Waals surface area contributed by atoms with Crippen LogP contribution in [0.15, 0.2) is 35.1 Å². The molecule has 0 unspecified atom stereocenters. The summed E-state index contributed by atoms with van der Waals surface area (Å²) < 4.78 is 0.640. The summed E-state index contributed by atoms with van der Waals surface area (Å²) in [7, 11) is 0. The van der Waals surface area contributed by atoms with Crippen LogP contribution in [0.5, 0.6) is 0 Å². The predicted molar refractivity (Wildman–Crippen MR) is 74.9 cm³/mol. The van der Waals surface area contributed by atoms with Crippen molar-refractivity contribution in [1.82, 2.24) is 15.3 Å². The molecule has 5 heteroatoms. The molecular weight excluding hydrogens is 292 g/mol. The molecule has 0 atom stereocenters. The SMILES string of the molecule is Brc1nc2c(c(Nc3ccccc3)n1)CNCC2. The first-order valence-corrected chi connectivity index (χ1v) is 6.70. The molecule has 0 aliphatic carbocycles. The molecule has 18 heavy (non-hydrogen) atoms. The number of nitrogens with zero attached hydrogens (tertiary/aromatic N) is 2. The van der Waals surface area contributed by atoms with Crippen molar-refractivity contribution in [2.24, 2.45) is 0 Å². The van der Waals surface area contributed by atoms with Gasteiger partial charge in [0.15, 0.2) is 4.73 Å². The van der Waals surface area contributed by atoms with Crippen molar-refractivity contribution in [3.05, 3.63) is 46.3 Å². The van der Waals surface area contributed by atoms with Crippen molar-refractivity contribution in [2.45, 2.75) is 13.0 Å². The Kier molecular flexibility index (Phi) is 3.25. The van der Waals surface area contributed by atoms with E-state index >= 15 is 0 Å². The fraction of sp³-hybridized carbons (Fsp3) is 0.231. The highest BCUT2D eigenvalue weighted by atomic mass is 79.9. The average molecular weight is 305 g/mol. The Labute approximate surface area is 114 Å². The minimum atomic E-state index is 0.640. The predicted octanol–water partition coefficient (Wildman–Crippen LogP) is 2.63. The van der Waals surface area contributed by atoms with Gasteiger partial charge in [0, 0.05) is 30.8 Å². The lowest BCUT2D eigenvalue weighted by molar-refractivity contribution is 0.626. The maximum Gasteiger partial charge on any atom is 0.198 e. The van der Waals surface area contributed by atoms with Gasteiger partial charge < -0.3 is 10.6 Å². The zero-order valence-corrected chi connectivity index (χ0v) is 11.4. The van der Waals surface area contributed by atoms with Crippen molar-refractivity contribution in [1.29, 1.82) is 0 Å².